The Bertz CT molecular complexity index is 539. The monoisotopic (exact) mass is 348 g/mol. The van der Waals surface area contributed by atoms with Crippen LogP contribution in [-0.2, 0) is 0 Å². The summed E-state index contributed by atoms with van der Waals surface area (Å²) < 4.78 is 1.86. The lowest BCUT2D eigenvalue weighted by Crippen LogP contribution is -2.47. The Morgan fingerprint density at radius 1 is 1.32 bits per heavy atom. The van der Waals surface area contributed by atoms with Gasteiger partial charge in [-0.3, -0.25) is 9.69 Å². The van der Waals surface area contributed by atoms with Gasteiger partial charge in [0.05, 0.1) is 12.2 Å². The lowest BCUT2D eigenvalue weighted by Gasteiger charge is -2.35. The van der Waals surface area contributed by atoms with Crippen LogP contribution < -0.4 is 10.6 Å². The van der Waals surface area contributed by atoms with E-state index in [1.54, 1.807) is 6.20 Å². The first-order valence-electron chi connectivity index (χ1n) is 9.92. The first kappa shape index (κ1) is 18.3. The van der Waals surface area contributed by atoms with Crippen LogP contribution in [-0.4, -0.2) is 64.6 Å². The van der Waals surface area contributed by atoms with Crippen molar-refractivity contribution < 1.29 is 4.79 Å². The number of aromatic nitrogens is 3. The molecule has 2 fully saturated rings. The molecule has 3 rings (SSSR count). The lowest BCUT2D eigenvalue weighted by molar-refractivity contribution is 0.0907. The Labute approximate surface area is 150 Å². The Morgan fingerprint density at radius 3 is 2.96 bits per heavy atom. The fourth-order valence-corrected chi connectivity index (χ4v) is 3.88. The summed E-state index contributed by atoms with van der Waals surface area (Å²) >= 11 is 0. The van der Waals surface area contributed by atoms with E-state index < -0.39 is 0 Å². The summed E-state index contributed by atoms with van der Waals surface area (Å²) in [5, 5.41) is 14.7. The molecular formula is C18H32N6O. The average Bonchev–Trinajstić information content (AvgIpc) is 3.16. The van der Waals surface area contributed by atoms with Crippen LogP contribution in [0.25, 0.3) is 0 Å². The summed E-state index contributed by atoms with van der Waals surface area (Å²) in [4.78, 5) is 15.0. The third-order valence-corrected chi connectivity index (χ3v) is 5.47. The third-order valence-electron chi connectivity index (χ3n) is 5.47. The maximum atomic E-state index is 12.4. The van der Waals surface area contributed by atoms with Crippen molar-refractivity contribution in [3.8, 4) is 0 Å². The predicted octanol–water partition coefficient (Wildman–Crippen LogP) is 1.59. The zero-order valence-electron chi connectivity index (χ0n) is 15.4. The second kappa shape index (κ2) is 9.29. The summed E-state index contributed by atoms with van der Waals surface area (Å²) in [6, 6.07) is 0.821. The first-order valence-corrected chi connectivity index (χ1v) is 9.92. The average molecular weight is 348 g/mol. The predicted molar refractivity (Wildman–Crippen MR) is 97.6 cm³/mol. The van der Waals surface area contributed by atoms with Gasteiger partial charge in [0.15, 0.2) is 5.69 Å². The summed E-state index contributed by atoms with van der Waals surface area (Å²) in [6.45, 7) is 7.24. The molecule has 2 aliphatic heterocycles. The molecule has 1 aromatic rings. The van der Waals surface area contributed by atoms with E-state index in [4.69, 9.17) is 0 Å². The van der Waals surface area contributed by atoms with E-state index in [2.05, 4.69) is 32.8 Å². The highest BCUT2D eigenvalue weighted by atomic mass is 16.2. The van der Waals surface area contributed by atoms with Gasteiger partial charge in [0.2, 0.25) is 0 Å². The van der Waals surface area contributed by atoms with E-state index in [9.17, 15) is 4.79 Å². The normalized spacial score (nSPS) is 22.8. The number of unbranched alkanes of at least 4 members (excludes halogenated alkanes) is 1. The van der Waals surface area contributed by atoms with Crippen LogP contribution >= 0.6 is 0 Å². The minimum atomic E-state index is -0.0961. The molecule has 0 aromatic carbocycles. The van der Waals surface area contributed by atoms with Crippen LogP contribution in [0.2, 0.25) is 0 Å². The molecule has 1 unspecified atom stereocenters. The van der Waals surface area contributed by atoms with Crippen LogP contribution in [0.15, 0.2) is 6.20 Å². The maximum absolute atomic E-state index is 12.4. The number of carbonyl (C=O) groups excluding carboxylic acids is 1. The smallest absolute Gasteiger partial charge is 0.273 e. The number of rotatable bonds is 7. The molecule has 2 saturated heterocycles. The van der Waals surface area contributed by atoms with E-state index in [0.717, 1.165) is 39.0 Å². The van der Waals surface area contributed by atoms with Gasteiger partial charge in [0.25, 0.3) is 5.91 Å². The van der Waals surface area contributed by atoms with Gasteiger partial charge in [-0.2, -0.15) is 0 Å². The number of piperidine rings is 2. The highest BCUT2D eigenvalue weighted by Gasteiger charge is 2.23. The molecule has 7 nitrogen and oxygen atoms in total. The molecule has 3 heterocycles. The first-order chi connectivity index (χ1) is 12.3. The number of carbonyl (C=O) groups is 1. The van der Waals surface area contributed by atoms with Crippen molar-refractivity contribution in [2.75, 3.05) is 32.7 Å². The molecule has 2 aliphatic rings. The SMILES string of the molecule is CCCCN1CCCCC1CNC(=O)c1cn(C2CCNCC2)nn1. The van der Waals surface area contributed by atoms with Gasteiger partial charge in [-0.15, -0.1) is 5.10 Å². The molecule has 1 atom stereocenters. The van der Waals surface area contributed by atoms with Gasteiger partial charge in [-0.25, -0.2) is 4.68 Å². The Hall–Kier alpha value is -1.47. The largest absolute Gasteiger partial charge is 0.349 e. The molecule has 0 aliphatic carbocycles. The Kier molecular flexibility index (Phi) is 6.81. The highest BCUT2D eigenvalue weighted by molar-refractivity contribution is 5.91. The van der Waals surface area contributed by atoms with Crippen LogP contribution in [0.5, 0.6) is 0 Å². The summed E-state index contributed by atoms with van der Waals surface area (Å²) in [7, 11) is 0. The van der Waals surface area contributed by atoms with Gasteiger partial charge < -0.3 is 10.6 Å². The molecule has 0 saturated carbocycles. The van der Waals surface area contributed by atoms with E-state index in [0.29, 0.717) is 24.3 Å². The Balaban J connectivity index is 1.50. The van der Waals surface area contributed by atoms with Gasteiger partial charge in [-0.05, 0) is 58.3 Å². The van der Waals surface area contributed by atoms with Crippen molar-refractivity contribution in [2.45, 2.75) is 64.0 Å². The van der Waals surface area contributed by atoms with Crippen molar-refractivity contribution in [1.82, 2.24) is 30.5 Å². The molecule has 1 aromatic heterocycles. The summed E-state index contributed by atoms with van der Waals surface area (Å²) in [6.07, 6.45) is 10.0. The van der Waals surface area contributed by atoms with Crippen LogP contribution in [0.1, 0.15) is 68.4 Å². The number of hydrogen-bond acceptors (Lipinski definition) is 5. The number of amides is 1. The Morgan fingerprint density at radius 2 is 2.16 bits per heavy atom. The summed E-state index contributed by atoms with van der Waals surface area (Å²) in [5.41, 5.74) is 0.439. The number of likely N-dealkylation sites (tertiary alicyclic amines) is 1. The van der Waals surface area contributed by atoms with Crippen molar-refractivity contribution >= 4 is 5.91 Å². The van der Waals surface area contributed by atoms with Crippen molar-refractivity contribution in [3.05, 3.63) is 11.9 Å². The quantitative estimate of drug-likeness (QED) is 0.783. The van der Waals surface area contributed by atoms with E-state index in [1.807, 2.05) is 4.68 Å². The van der Waals surface area contributed by atoms with Crippen molar-refractivity contribution in [1.29, 1.82) is 0 Å². The minimum absolute atomic E-state index is 0.0961. The molecular weight excluding hydrogens is 316 g/mol. The second-order valence-electron chi connectivity index (χ2n) is 7.31. The van der Waals surface area contributed by atoms with Gasteiger partial charge in [-0.1, -0.05) is 25.0 Å². The van der Waals surface area contributed by atoms with Crippen molar-refractivity contribution in [3.63, 3.8) is 0 Å². The molecule has 140 valence electrons. The zero-order chi connectivity index (χ0) is 17.5. The molecule has 25 heavy (non-hydrogen) atoms. The van der Waals surface area contributed by atoms with Crippen LogP contribution in [0.4, 0.5) is 0 Å². The molecule has 7 heteroatoms. The number of hydrogen-bond donors (Lipinski definition) is 2. The maximum Gasteiger partial charge on any atom is 0.273 e. The van der Waals surface area contributed by atoms with Crippen LogP contribution in [0, 0.1) is 0 Å². The van der Waals surface area contributed by atoms with E-state index in [1.165, 1.54) is 32.1 Å². The highest BCUT2D eigenvalue weighted by Crippen LogP contribution is 2.18. The van der Waals surface area contributed by atoms with E-state index in [-0.39, 0.29) is 5.91 Å². The zero-order valence-corrected chi connectivity index (χ0v) is 15.4. The second-order valence-corrected chi connectivity index (χ2v) is 7.31. The standard InChI is InChI=1S/C18H32N6O/c1-2-3-11-23-12-5-4-6-16(23)13-20-18(25)17-14-24(22-21-17)15-7-9-19-10-8-15/h14-16,19H,2-13H2,1H3,(H,20,25). The topological polar surface area (TPSA) is 75.1 Å². The van der Waals surface area contributed by atoms with Crippen LogP contribution in [0.3, 0.4) is 0 Å². The van der Waals surface area contributed by atoms with Gasteiger partial charge >= 0.3 is 0 Å². The minimum Gasteiger partial charge on any atom is -0.349 e. The number of nitrogens with one attached hydrogen (secondary N) is 2. The fourth-order valence-electron chi connectivity index (χ4n) is 3.88. The number of nitrogens with zero attached hydrogens (tertiary/aromatic N) is 4. The summed E-state index contributed by atoms with van der Waals surface area (Å²) in [5.74, 6) is -0.0961. The lowest BCUT2D eigenvalue weighted by atomic mass is 10.0. The molecule has 0 radical (unpaired) electrons. The van der Waals surface area contributed by atoms with Crippen molar-refractivity contribution in [2.24, 2.45) is 0 Å². The van der Waals surface area contributed by atoms with Gasteiger partial charge in [0, 0.05) is 12.6 Å². The molecule has 0 spiro atoms. The van der Waals surface area contributed by atoms with E-state index >= 15 is 0 Å². The molecule has 0 bridgehead atoms. The third kappa shape index (κ3) is 5.01. The fraction of sp³-hybridized carbons (Fsp3) is 0.833. The molecule has 2 N–H and O–H groups in total. The van der Waals surface area contributed by atoms with Gasteiger partial charge in [0.1, 0.15) is 0 Å². The molecule has 1 amide bonds.